The van der Waals surface area contributed by atoms with Gasteiger partial charge in [0.2, 0.25) is 0 Å². The molecule has 0 aromatic carbocycles. The monoisotopic (exact) mass is 398 g/mol. The number of ether oxygens (including phenoxy) is 1. The number of hydrogen-bond acceptors (Lipinski definition) is 4. The van der Waals surface area contributed by atoms with Gasteiger partial charge in [-0.05, 0) is 19.3 Å². The van der Waals surface area contributed by atoms with Gasteiger partial charge in [0.25, 0.3) is 0 Å². The van der Waals surface area contributed by atoms with Gasteiger partial charge in [0.1, 0.15) is 0 Å². The zero-order valence-electron chi connectivity index (χ0n) is 14.8. The van der Waals surface area contributed by atoms with E-state index in [1.165, 1.54) is 0 Å². The summed E-state index contributed by atoms with van der Waals surface area (Å²) in [5.41, 5.74) is -2.94. The number of aliphatic hydroxyl groups is 3. The van der Waals surface area contributed by atoms with E-state index in [0.717, 1.165) is 0 Å². The third kappa shape index (κ3) is 9.94. The van der Waals surface area contributed by atoms with E-state index >= 15 is 0 Å². The van der Waals surface area contributed by atoms with E-state index in [4.69, 9.17) is 4.74 Å². The molecule has 0 saturated heterocycles. The van der Waals surface area contributed by atoms with Crippen molar-refractivity contribution in [3.05, 3.63) is 0 Å². The van der Waals surface area contributed by atoms with Crippen LogP contribution in [-0.4, -0.2) is 60.7 Å². The molecule has 0 aliphatic heterocycles. The maximum atomic E-state index is 12.7. The maximum Gasteiger partial charge on any atom is 0.389 e. The molecule has 4 nitrogen and oxygen atoms in total. The van der Waals surface area contributed by atoms with Crippen LogP contribution in [0.3, 0.4) is 0 Å². The molecular formula is C16H28F6O4. The Hall–Kier alpha value is -0.580. The summed E-state index contributed by atoms with van der Waals surface area (Å²) >= 11 is 0. The highest BCUT2D eigenvalue weighted by molar-refractivity contribution is 4.82. The fourth-order valence-corrected chi connectivity index (χ4v) is 2.82. The molecule has 1 atom stereocenters. The molecule has 1 unspecified atom stereocenters. The molecule has 0 spiro atoms. The number of rotatable bonds is 13. The highest BCUT2D eigenvalue weighted by Crippen LogP contribution is 2.38. The van der Waals surface area contributed by atoms with Crippen LogP contribution >= 0.6 is 0 Å². The van der Waals surface area contributed by atoms with Gasteiger partial charge in [-0.3, -0.25) is 0 Å². The van der Waals surface area contributed by atoms with Crippen LogP contribution in [0.25, 0.3) is 0 Å². The molecule has 158 valence electrons. The van der Waals surface area contributed by atoms with E-state index in [1.807, 2.05) is 0 Å². The Morgan fingerprint density at radius 2 is 1.23 bits per heavy atom. The van der Waals surface area contributed by atoms with E-state index < -0.39 is 68.9 Å². The Kier molecular flexibility index (Phi) is 10.4. The van der Waals surface area contributed by atoms with Crippen molar-refractivity contribution in [3.8, 4) is 0 Å². The third-order valence-corrected chi connectivity index (χ3v) is 4.49. The van der Waals surface area contributed by atoms with Gasteiger partial charge in [-0.2, -0.15) is 26.3 Å². The first-order valence-electron chi connectivity index (χ1n) is 8.40. The Morgan fingerprint density at radius 3 is 1.62 bits per heavy atom. The van der Waals surface area contributed by atoms with Crippen LogP contribution in [0.15, 0.2) is 0 Å². The molecule has 0 radical (unpaired) electrons. The summed E-state index contributed by atoms with van der Waals surface area (Å²) in [4.78, 5) is 0. The van der Waals surface area contributed by atoms with Gasteiger partial charge in [-0.25, -0.2) is 0 Å². The Morgan fingerprint density at radius 1 is 0.692 bits per heavy atom. The van der Waals surface area contributed by atoms with Crippen LogP contribution in [0.5, 0.6) is 0 Å². The minimum absolute atomic E-state index is 0.0717. The second-order valence-electron chi connectivity index (χ2n) is 6.93. The molecule has 0 fully saturated rings. The van der Waals surface area contributed by atoms with Crippen molar-refractivity contribution in [1.29, 1.82) is 0 Å². The van der Waals surface area contributed by atoms with E-state index in [-0.39, 0.29) is 19.4 Å². The van der Waals surface area contributed by atoms with E-state index in [1.54, 1.807) is 6.92 Å². The lowest BCUT2D eigenvalue weighted by molar-refractivity contribution is -0.175. The van der Waals surface area contributed by atoms with Crippen molar-refractivity contribution in [2.75, 3.05) is 33.0 Å². The second-order valence-corrected chi connectivity index (χ2v) is 6.93. The SMILES string of the molecule is CCCC(CO)(COCCC(CO)(CO)CCC(F)(F)F)CC(F)(F)F. The molecular weight excluding hydrogens is 370 g/mol. The van der Waals surface area contributed by atoms with Gasteiger partial charge < -0.3 is 20.1 Å². The van der Waals surface area contributed by atoms with E-state index in [0.29, 0.717) is 6.42 Å². The molecule has 0 aliphatic rings. The minimum Gasteiger partial charge on any atom is -0.396 e. The summed E-state index contributed by atoms with van der Waals surface area (Å²) in [6, 6.07) is 0. The first-order valence-corrected chi connectivity index (χ1v) is 8.40. The average Bonchev–Trinajstić information content (AvgIpc) is 2.52. The highest BCUT2D eigenvalue weighted by Gasteiger charge is 2.42. The van der Waals surface area contributed by atoms with Crippen molar-refractivity contribution in [2.45, 2.75) is 57.8 Å². The molecule has 0 saturated carbocycles. The smallest absolute Gasteiger partial charge is 0.389 e. The van der Waals surface area contributed by atoms with Crippen molar-refractivity contribution in [3.63, 3.8) is 0 Å². The summed E-state index contributed by atoms with van der Waals surface area (Å²) in [5.74, 6) is 0. The molecule has 10 heteroatoms. The Labute approximate surface area is 149 Å². The van der Waals surface area contributed by atoms with Gasteiger partial charge in [0, 0.05) is 23.9 Å². The first-order chi connectivity index (χ1) is 11.9. The molecule has 0 bridgehead atoms. The van der Waals surface area contributed by atoms with Crippen LogP contribution in [0, 0.1) is 10.8 Å². The number of hydrogen-bond donors (Lipinski definition) is 3. The van der Waals surface area contributed by atoms with Gasteiger partial charge in [-0.1, -0.05) is 13.3 Å². The summed E-state index contributed by atoms with van der Waals surface area (Å²) in [5, 5.41) is 28.1. The van der Waals surface area contributed by atoms with Gasteiger partial charge in [0.05, 0.1) is 32.8 Å². The first kappa shape index (κ1) is 25.4. The molecule has 0 aliphatic carbocycles. The van der Waals surface area contributed by atoms with Gasteiger partial charge in [0.15, 0.2) is 0 Å². The molecule has 0 aromatic heterocycles. The normalized spacial score (nSPS) is 15.9. The molecule has 0 rings (SSSR count). The maximum absolute atomic E-state index is 12.7. The molecule has 3 N–H and O–H groups in total. The van der Waals surface area contributed by atoms with Crippen molar-refractivity contribution in [2.24, 2.45) is 10.8 Å². The zero-order valence-corrected chi connectivity index (χ0v) is 14.8. The van der Waals surface area contributed by atoms with Crippen molar-refractivity contribution in [1.82, 2.24) is 0 Å². The van der Waals surface area contributed by atoms with Crippen molar-refractivity contribution < 1.29 is 46.4 Å². The predicted molar refractivity (Wildman–Crippen MR) is 82.4 cm³/mol. The lowest BCUT2D eigenvalue weighted by atomic mass is 9.80. The number of alkyl halides is 6. The minimum atomic E-state index is -4.49. The van der Waals surface area contributed by atoms with Crippen LogP contribution < -0.4 is 0 Å². The number of aliphatic hydroxyl groups excluding tert-OH is 3. The van der Waals surface area contributed by atoms with Crippen LogP contribution in [0.2, 0.25) is 0 Å². The fourth-order valence-electron chi connectivity index (χ4n) is 2.82. The molecule has 26 heavy (non-hydrogen) atoms. The van der Waals surface area contributed by atoms with E-state index in [2.05, 4.69) is 0 Å². The fraction of sp³-hybridized carbons (Fsp3) is 1.00. The summed E-state index contributed by atoms with van der Waals surface area (Å²) < 4.78 is 80.5. The molecule has 0 amide bonds. The third-order valence-electron chi connectivity index (χ3n) is 4.49. The highest BCUT2D eigenvalue weighted by atomic mass is 19.4. The number of halogens is 6. The summed E-state index contributed by atoms with van der Waals surface area (Å²) in [6.07, 6.45) is -11.6. The standard InChI is InChI=1S/C16H28F6O4/c1-2-3-14(11-25,8-16(20,21)22)12-26-7-6-13(9-23,10-24)4-5-15(17,18)19/h23-25H,2-12H2,1H3. The lowest BCUT2D eigenvalue weighted by Crippen LogP contribution is -2.37. The van der Waals surface area contributed by atoms with E-state index in [9.17, 15) is 41.7 Å². The van der Waals surface area contributed by atoms with Crippen LogP contribution in [0.4, 0.5) is 26.3 Å². The Balaban J connectivity index is 4.76. The summed E-state index contributed by atoms with van der Waals surface area (Å²) in [7, 11) is 0. The summed E-state index contributed by atoms with van der Waals surface area (Å²) in [6.45, 7) is -1.12. The largest absolute Gasteiger partial charge is 0.396 e. The Bertz CT molecular complexity index is 382. The van der Waals surface area contributed by atoms with Crippen molar-refractivity contribution >= 4 is 0 Å². The molecule has 0 heterocycles. The zero-order chi connectivity index (χ0) is 20.5. The second kappa shape index (κ2) is 10.7. The predicted octanol–water partition coefficient (Wildman–Crippen LogP) is 3.44. The molecule has 0 aromatic rings. The lowest BCUT2D eigenvalue weighted by Gasteiger charge is -2.34. The topological polar surface area (TPSA) is 69.9 Å². The van der Waals surface area contributed by atoms with Crippen LogP contribution in [0.1, 0.15) is 45.4 Å². The van der Waals surface area contributed by atoms with Gasteiger partial charge >= 0.3 is 12.4 Å². The van der Waals surface area contributed by atoms with Gasteiger partial charge in [-0.15, -0.1) is 0 Å². The quantitative estimate of drug-likeness (QED) is 0.328. The average molecular weight is 398 g/mol. The van der Waals surface area contributed by atoms with Crippen LogP contribution in [-0.2, 0) is 4.74 Å².